The molecular weight excluding hydrogens is 348 g/mol. The van der Waals surface area contributed by atoms with Crippen LogP contribution in [-0.2, 0) is 4.79 Å². The van der Waals surface area contributed by atoms with E-state index < -0.39 is 12.0 Å². The van der Waals surface area contributed by atoms with E-state index in [0.29, 0.717) is 21.7 Å². The van der Waals surface area contributed by atoms with E-state index in [0.717, 1.165) is 0 Å². The second-order valence-electron chi connectivity index (χ2n) is 4.26. The Morgan fingerprint density at radius 1 is 1.50 bits per heavy atom. The highest BCUT2D eigenvalue weighted by Crippen LogP contribution is 2.30. The van der Waals surface area contributed by atoms with Crippen LogP contribution in [0.15, 0.2) is 22.7 Å². The highest BCUT2D eigenvalue weighted by molar-refractivity contribution is 9.10. The second kappa shape index (κ2) is 7.50. The van der Waals surface area contributed by atoms with E-state index in [-0.39, 0.29) is 12.5 Å². The van der Waals surface area contributed by atoms with Crippen molar-refractivity contribution in [1.82, 2.24) is 4.90 Å². The molecule has 0 spiro atoms. The molecule has 1 aromatic carbocycles. The summed E-state index contributed by atoms with van der Waals surface area (Å²) >= 11 is 9.25. The van der Waals surface area contributed by atoms with Crippen molar-refractivity contribution in [3.05, 3.63) is 27.7 Å². The molecule has 0 aliphatic carbocycles. The van der Waals surface area contributed by atoms with Crippen molar-refractivity contribution < 1.29 is 14.7 Å². The van der Waals surface area contributed by atoms with Gasteiger partial charge in [-0.3, -0.25) is 4.79 Å². The summed E-state index contributed by atoms with van der Waals surface area (Å²) in [6.07, 6.45) is -0.0992. The zero-order chi connectivity index (χ0) is 15.3. The number of halogens is 2. The molecule has 1 atom stereocenters. The number of carboxylic acid groups (broad SMARTS) is 1. The Morgan fingerprint density at radius 3 is 2.70 bits per heavy atom. The van der Waals surface area contributed by atoms with Crippen LogP contribution >= 0.6 is 27.5 Å². The molecule has 1 aromatic rings. The Hall–Kier alpha value is -1.27. The van der Waals surface area contributed by atoms with Gasteiger partial charge in [-0.15, -0.1) is 0 Å². The largest absolute Gasteiger partial charge is 0.481 e. The fraction of sp³-hybridized carbons (Fsp3) is 0.385. The van der Waals surface area contributed by atoms with E-state index in [2.05, 4.69) is 21.2 Å². The third kappa shape index (κ3) is 4.38. The smallest absolute Gasteiger partial charge is 0.322 e. The van der Waals surface area contributed by atoms with Crippen molar-refractivity contribution in [2.75, 3.05) is 11.9 Å². The van der Waals surface area contributed by atoms with Gasteiger partial charge in [-0.05, 0) is 41.9 Å². The van der Waals surface area contributed by atoms with Gasteiger partial charge in [0.2, 0.25) is 0 Å². The number of aliphatic carboxylic acids is 1. The van der Waals surface area contributed by atoms with Gasteiger partial charge in [0.15, 0.2) is 0 Å². The van der Waals surface area contributed by atoms with Crippen molar-refractivity contribution in [2.24, 2.45) is 0 Å². The van der Waals surface area contributed by atoms with Crippen molar-refractivity contribution in [3.63, 3.8) is 0 Å². The fourth-order valence-electron chi connectivity index (χ4n) is 1.81. The molecule has 0 aliphatic heterocycles. The molecular formula is C13H16BrClN2O3. The molecule has 0 saturated carbocycles. The maximum absolute atomic E-state index is 12.2. The minimum atomic E-state index is -0.937. The summed E-state index contributed by atoms with van der Waals surface area (Å²) in [5.41, 5.74) is 0.545. The van der Waals surface area contributed by atoms with E-state index in [1.54, 1.807) is 32.0 Å². The Labute approximate surface area is 131 Å². The van der Waals surface area contributed by atoms with Gasteiger partial charge in [0, 0.05) is 12.6 Å². The zero-order valence-corrected chi connectivity index (χ0v) is 13.5. The number of carboxylic acids is 1. The van der Waals surface area contributed by atoms with Crippen LogP contribution in [0.4, 0.5) is 10.5 Å². The number of carbonyl (C=O) groups is 2. The Morgan fingerprint density at radius 2 is 2.15 bits per heavy atom. The minimum absolute atomic E-state index is 0.0992. The lowest BCUT2D eigenvalue weighted by molar-refractivity contribution is -0.137. The lowest BCUT2D eigenvalue weighted by Gasteiger charge is -2.27. The summed E-state index contributed by atoms with van der Waals surface area (Å²) in [5, 5.41) is 12.0. The molecule has 5 nitrogen and oxygen atoms in total. The first kappa shape index (κ1) is 16.8. The molecule has 2 amide bonds. The molecule has 0 fully saturated rings. The number of rotatable bonds is 5. The van der Waals surface area contributed by atoms with Gasteiger partial charge in [0.05, 0.1) is 21.6 Å². The highest BCUT2D eigenvalue weighted by Gasteiger charge is 2.21. The molecule has 0 aliphatic rings. The van der Waals surface area contributed by atoms with Gasteiger partial charge < -0.3 is 15.3 Å². The average Bonchev–Trinajstić information content (AvgIpc) is 2.35. The van der Waals surface area contributed by atoms with E-state index in [4.69, 9.17) is 16.7 Å². The maximum Gasteiger partial charge on any atom is 0.322 e. The second-order valence-corrected chi connectivity index (χ2v) is 5.46. The number of benzene rings is 1. The van der Waals surface area contributed by atoms with Gasteiger partial charge >= 0.3 is 12.0 Å². The van der Waals surface area contributed by atoms with Crippen molar-refractivity contribution in [3.8, 4) is 0 Å². The summed E-state index contributed by atoms with van der Waals surface area (Å²) in [6, 6.07) is 4.38. The number of hydrogen-bond donors (Lipinski definition) is 2. The molecule has 1 rings (SSSR count). The van der Waals surface area contributed by atoms with Gasteiger partial charge in [0.1, 0.15) is 0 Å². The number of carbonyl (C=O) groups excluding carboxylic acids is 1. The van der Waals surface area contributed by atoms with Crippen LogP contribution in [0.5, 0.6) is 0 Å². The average molecular weight is 364 g/mol. The predicted octanol–water partition coefficient (Wildman–Crippen LogP) is 3.82. The summed E-state index contributed by atoms with van der Waals surface area (Å²) in [6.45, 7) is 3.91. The first-order chi connectivity index (χ1) is 9.36. The molecule has 0 aromatic heterocycles. The Balaban J connectivity index is 2.82. The third-order valence-electron chi connectivity index (χ3n) is 2.80. The number of amides is 2. The standard InChI is InChI=1S/C13H16BrClN2O3/c1-3-17(8(2)7-11(18)19)13(20)16-10-6-4-5-9(15)12(10)14/h4-6,8H,3,7H2,1-2H3,(H,16,20)(H,18,19). The van der Waals surface area contributed by atoms with E-state index >= 15 is 0 Å². The van der Waals surface area contributed by atoms with Gasteiger partial charge in [-0.25, -0.2) is 4.79 Å². The summed E-state index contributed by atoms with van der Waals surface area (Å²) in [7, 11) is 0. The summed E-state index contributed by atoms with van der Waals surface area (Å²) in [4.78, 5) is 24.4. The molecule has 0 heterocycles. The van der Waals surface area contributed by atoms with Crippen LogP contribution in [0.2, 0.25) is 5.02 Å². The van der Waals surface area contributed by atoms with Gasteiger partial charge in [-0.2, -0.15) is 0 Å². The Kier molecular flexibility index (Phi) is 6.29. The molecule has 1 unspecified atom stereocenters. The number of nitrogens with zero attached hydrogens (tertiary/aromatic N) is 1. The van der Waals surface area contributed by atoms with Crippen LogP contribution in [0, 0.1) is 0 Å². The maximum atomic E-state index is 12.2. The van der Waals surface area contributed by atoms with Crippen molar-refractivity contribution in [1.29, 1.82) is 0 Å². The van der Waals surface area contributed by atoms with E-state index in [9.17, 15) is 9.59 Å². The van der Waals surface area contributed by atoms with Crippen LogP contribution in [-0.4, -0.2) is 34.6 Å². The molecule has 0 saturated heterocycles. The van der Waals surface area contributed by atoms with E-state index in [1.165, 1.54) is 4.90 Å². The first-order valence-corrected chi connectivity index (χ1v) is 7.27. The van der Waals surface area contributed by atoms with Crippen LogP contribution in [0.1, 0.15) is 20.3 Å². The number of nitrogens with one attached hydrogen (secondary N) is 1. The number of urea groups is 1. The molecule has 2 N–H and O–H groups in total. The van der Waals surface area contributed by atoms with E-state index in [1.807, 2.05) is 0 Å². The first-order valence-electron chi connectivity index (χ1n) is 6.10. The lowest BCUT2D eigenvalue weighted by Crippen LogP contribution is -2.42. The third-order valence-corrected chi connectivity index (χ3v) is 4.19. The molecule has 0 bridgehead atoms. The predicted molar refractivity (Wildman–Crippen MR) is 82.3 cm³/mol. The monoisotopic (exact) mass is 362 g/mol. The van der Waals surface area contributed by atoms with Crippen LogP contribution in [0.3, 0.4) is 0 Å². The molecule has 20 heavy (non-hydrogen) atoms. The normalized spacial score (nSPS) is 11.8. The zero-order valence-electron chi connectivity index (χ0n) is 11.2. The van der Waals surface area contributed by atoms with Crippen LogP contribution < -0.4 is 5.32 Å². The molecule has 110 valence electrons. The quantitative estimate of drug-likeness (QED) is 0.835. The van der Waals surface area contributed by atoms with Crippen molar-refractivity contribution in [2.45, 2.75) is 26.3 Å². The number of hydrogen-bond acceptors (Lipinski definition) is 2. The molecule has 7 heteroatoms. The van der Waals surface area contributed by atoms with Crippen molar-refractivity contribution >= 4 is 45.2 Å². The summed E-state index contributed by atoms with van der Waals surface area (Å²) in [5.74, 6) is -0.937. The van der Waals surface area contributed by atoms with Gasteiger partial charge in [-0.1, -0.05) is 17.7 Å². The van der Waals surface area contributed by atoms with Gasteiger partial charge in [0.25, 0.3) is 0 Å². The van der Waals surface area contributed by atoms with Crippen LogP contribution in [0.25, 0.3) is 0 Å². The SMILES string of the molecule is CCN(C(=O)Nc1cccc(Cl)c1Br)C(C)CC(=O)O. The molecule has 0 radical (unpaired) electrons. The number of anilines is 1. The fourth-order valence-corrected chi connectivity index (χ4v) is 2.34. The summed E-state index contributed by atoms with van der Waals surface area (Å²) < 4.78 is 0.594. The Bertz CT molecular complexity index is 510. The minimum Gasteiger partial charge on any atom is -0.481 e. The topological polar surface area (TPSA) is 69.6 Å². The highest BCUT2D eigenvalue weighted by atomic mass is 79.9. The lowest BCUT2D eigenvalue weighted by atomic mass is 10.2.